The molecule has 0 spiro atoms. The second-order valence-corrected chi connectivity index (χ2v) is 4.12. The van der Waals surface area contributed by atoms with Gasteiger partial charge in [-0.3, -0.25) is 4.98 Å². The number of rotatable bonds is 4. The van der Waals surface area contributed by atoms with Crippen LogP contribution in [0.4, 0.5) is 5.69 Å². The van der Waals surface area contributed by atoms with Crippen molar-refractivity contribution in [1.82, 2.24) is 4.98 Å². The fourth-order valence-electron chi connectivity index (χ4n) is 1.66. The van der Waals surface area contributed by atoms with Gasteiger partial charge in [0.1, 0.15) is 17.9 Å². The van der Waals surface area contributed by atoms with Gasteiger partial charge < -0.3 is 15.6 Å². The first kappa shape index (κ1) is 12.9. The number of benzene rings is 1. The van der Waals surface area contributed by atoms with E-state index in [1.54, 1.807) is 18.3 Å². The van der Waals surface area contributed by atoms with Crippen LogP contribution in [-0.4, -0.2) is 16.1 Å². The summed E-state index contributed by atoms with van der Waals surface area (Å²) in [6, 6.07) is 8.30. The fourth-order valence-corrected chi connectivity index (χ4v) is 1.66. The summed E-state index contributed by atoms with van der Waals surface area (Å²) >= 11 is 0. The minimum Gasteiger partial charge on any atom is -0.486 e. The Kier molecular flexibility index (Phi) is 3.66. The number of aromatic carboxylic acids is 1. The van der Waals surface area contributed by atoms with Gasteiger partial charge in [0.15, 0.2) is 0 Å². The number of carbonyl (C=O) groups is 1. The van der Waals surface area contributed by atoms with E-state index in [0.717, 1.165) is 11.3 Å². The highest BCUT2D eigenvalue weighted by molar-refractivity contribution is 5.92. The fraction of sp³-hybridized carbons (Fsp3) is 0.143. The molecule has 0 bridgehead atoms. The van der Waals surface area contributed by atoms with Gasteiger partial charge in [0.2, 0.25) is 0 Å². The first-order valence-electron chi connectivity index (χ1n) is 5.74. The molecule has 0 aliphatic heterocycles. The lowest BCUT2D eigenvalue weighted by Crippen LogP contribution is -2.06. The molecule has 0 fully saturated rings. The third-order valence-electron chi connectivity index (χ3n) is 2.72. The normalized spacial score (nSPS) is 10.2. The first-order chi connectivity index (χ1) is 9.08. The van der Waals surface area contributed by atoms with E-state index in [1.165, 1.54) is 6.07 Å². The Morgan fingerprint density at radius 1 is 1.42 bits per heavy atom. The minimum absolute atomic E-state index is 0.0496. The topological polar surface area (TPSA) is 85.4 Å². The van der Waals surface area contributed by atoms with E-state index >= 15 is 0 Å². The van der Waals surface area contributed by atoms with Crippen molar-refractivity contribution >= 4 is 11.7 Å². The average Bonchev–Trinajstić information content (AvgIpc) is 2.38. The van der Waals surface area contributed by atoms with E-state index in [9.17, 15) is 4.79 Å². The average molecular weight is 258 g/mol. The van der Waals surface area contributed by atoms with E-state index < -0.39 is 5.97 Å². The number of hydrogen-bond acceptors (Lipinski definition) is 4. The largest absolute Gasteiger partial charge is 0.486 e. The number of hydrogen-bond donors (Lipinski definition) is 2. The molecule has 0 radical (unpaired) electrons. The molecule has 19 heavy (non-hydrogen) atoms. The number of ether oxygens (including phenoxy) is 1. The van der Waals surface area contributed by atoms with Gasteiger partial charge in [-0.1, -0.05) is 6.07 Å². The summed E-state index contributed by atoms with van der Waals surface area (Å²) in [5.74, 6) is -0.785. The molecule has 0 amide bonds. The summed E-state index contributed by atoms with van der Waals surface area (Å²) in [5.41, 5.74) is 7.77. The molecule has 0 unspecified atom stereocenters. The van der Waals surface area contributed by atoms with Crippen LogP contribution in [0.25, 0.3) is 0 Å². The van der Waals surface area contributed by atoms with Crippen LogP contribution in [0.1, 0.15) is 21.6 Å². The van der Waals surface area contributed by atoms with E-state index in [1.807, 2.05) is 19.1 Å². The Hall–Kier alpha value is -2.56. The molecule has 5 heteroatoms. The smallest absolute Gasteiger partial charge is 0.339 e. The van der Waals surface area contributed by atoms with Crippen molar-refractivity contribution in [3.8, 4) is 5.75 Å². The maximum Gasteiger partial charge on any atom is 0.339 e. The number of carboxylic acid groups (broad SMARTS) is 1. The third kappa shape index (κ3) is 3.01. The molecule has 0 atom stereocenters. The van der Waals surface area contributed by atoms with Gasteiger partial charge >= 0.3 is 5.97 Å². The van der Waals surface area contributed by atoms with E-state index in [2.05, 4.69) is 4.98 Å². The summed E-state index contributed by atoms with van der Waals surface area (Å²) < 4.78 is 5.52. The van der Waals surface area contributed by atoms with Crippen molar-refractivity contribution in [3.05, 3.63) is 53.3 Å². The summed E-state index contributed by atoms with van der Waals surface area (Å²) in [6.07, 6.45) is 1.67. The Morgan fingerprint density at radius 3 is 2.89 bits per heavy atom. The first-order valence-corrected chi connectivity index (χ1v) is 5.74. The number of pyridine rings is 1. The predicted octanol–water partition coefficient (Wildman–Crippen LogP) is 2.25. The molecule has 0 aliphatic rings. The number of nitrogens with two attached hydrogens (primary N) is 1. The molecular formula is C14H14N2O3. The van der Waals surface area contributed by atoms with Gasteiger partial charge in [0.05, 0.1) is 5.69 Å². The summed E-state index contributed by atoms with van der Waals surface area (Å²) in [5, 5.41) is 9.09. The van der Waals surface area contributed by atoms with Gasteiger partial charge in [-0.25, -0.2) is 4.79 Å². The summed E-state index contributed by atoms with van der Waals surface area (Å²) in [7, 11) is 0. The maximum atomic E-state index is 11.1. The zero-order chi connectivity index (χ0) is 13.8. The molecule has 0 saturated carbocycles. The van der Waals surface area contributed by atoms with Gasteiger partial charge in [0.25, 0.3) is 0 Å². The Morgan fingerprint density at radius 2 is 2.21 bits per heavy atom. The van der Waals surface area contributed by atoms with Gasteiger partial charge in [-0.2, -0.15) is 0 Å². The standard InChI is InChI=1S/C14H14N2O3/c1-9-3-2-6-16-12(9)8-19-13-5-4-10(15)7-11(13)14(17)18/h2-7H,8,15H2,1H3,(H,17,18). The molecule has 1 aromatic carbocycles. The van der Waals surface area contributed by atoms with Crippen LogP contribution in [0, 0.1) is 6.92 Å². The minimum atomic E-state index is -1.07. The molecule has 2 aromatic rings. The lowest BCUT2D eigenvalue weighted by Gasteiger charge is -2.10. The lowest BCUT2D eigenvalue weighted by molar-refractivity contribution is 0.0691. The Labute approximate surface area is 110 Å². The van der Waals surface area contributed by atoms with E-state index in [-0.39, 0.29) is 17.9 Å². The van der Waals surface area contributed by atoms with Crippen molar-refractivity contribution < 1.29 is 14.6 Å². The van der Waals surface area contributed by atoms with Crippen LogP contribution in [-0.2, 0) is 6.61 Å². The highest BCUT2D eigenvalue weighted by Crippen LogP contribution is 2.22. The molecule has 0 saturated heterocycles. The van der Waals surface area contributed by atoms with Crippen LogP contribution in [0.2, 0.25) is 0 Å². The molecule has 2 rings (SSSR count). The van der Waals surface area contributed by atoms with Crippen LogP contribution in [0.5, 0.6) is 5.75 Å². The zero-order valence-electron chi connectivity index (χ0n) is 10.5. The number of anilines is 1. The monoisotopic (exact) mass is 258 g/mol. The van der Waals surface area contributed by atoms with Crippen LogP contribution >= 0.6 is 0 Å². The van der Waals surface area contributed by atoms with E-state index in [4.69, 9.17) is 15.6 Å². The van der Waals surface area contributed by atoms with Crippen LogP contribution < -0.4 is 10.5 Å². The number of nitrogens with zero attached hydrogens (tertiary/aromatic N) is 1. The summed E-state index contributed by atoms with van der Waals surface area (Å²) in [6.45, 7) is 2.14. The second kappa shape index (κ2) is 5.39. The third-order valence-corrected chi connectivity index (χ3v) is 2.72. The predicted molar refractivity (Wildman–Crippen MR) is 71.1 cm³/mol. The van der Waals surface area contributed by atoms with Crippen LogP contribution in [0.15, 0.2) is 36.5 Å². The quantitative estimate of drug-likeness (QED) is 0.821. The number of carboxylic acids is 1. The molecule has 1 aromatic heterocycles. The maximum absolute atomic E-state index is 11.1. The molecule has 0 aliphatic carbocycles. The molecular weight excluding hydrogens is 244 g/mol. The highest BCUT2D eigenvalue weighted by atomic mass is 16.5. The SMILES string of the molecule is Cc1cccnc1COc1ccc(N)cc1C(=O)O. The Bertz CT molecular complexity index is 611. The molecule has 5 nitrogen and oxygen atoms in total. The molecule has 98 valence electrons. The Balaban J connectivity index is 2.20. The van der Waals surface area contributed by atoms with Crippen molar-refractivity contribution in [2.75, 3.05) is 5.73 Å². The van der Waals surface area contributed by atoms with E-state index in [0.29, 0.717) is 5.69 Å². The van der Waals surface area contributed by atoms with Crippen molar-refractivity contribution in [2.45, 2.75) is 13.5 Å². The number of aromatic nitrogens is 1. The van der Waals surface area contributed by atoms with Crippen molar-refractivity contribution in [3.63, 3.8) is 0 Å². The summed E-state index contributed by atoms with van der Waals surface area (Å²) in [4.78, 5) is 15.3. The van der Waals surface area contributed by atoms with Gasteiger partial charge in [-0.15, -0.1) is 0 Å². The van der Waals surface area contributed by atoms with Crippen molar-refractivity contribution in [1.29, 1.82) is 0 Å². The van der Waals surface area contributed by atoms with Gasteiger partial charge in [0, 0.05) is 11.9 Å². The zero-order valence-corrected chi connectivity index (χ0v) is 10.5. The van der Waals surface area contributed by atoms with Crippen molar-refractivity contribution in [2.24, 2.45) is 0 Å². The highest BCUT2D eigenvalue weighted by Gasteiger charge is 2.12. The number of nitrogen functional groups attached to an aromatic ring is 1. The van der Waals surface area contributed by atoms with Gasteiger partial charge in [-0.05, 0) is 36.8 Å². The number of aryl methyl sites for hydroxylation is 1. The molecule has 1 heterocycles. The molecule has 3 N–H and O–H groups in total. The second-order valence-electron chi connectivity index (χ2n) is 4.12. The van der Waals surface area contributed by atoms with Crippen LogP contribution in [0.3, 0.4) is 0 Å². The lowest BCUT2D eigenvalue weighted by atomic mass is 10.2.